The zero-order valence-electron chi connectivity index (χ0n) is 19.3. The highest BCUT2D eigenvalue weighted by Gasteiger charge is 2.51. The summed E-state index contributed by atoms with van der Waals surface area (Å²) < 4.78 is 0. The summed E-state index contributed by atoms with van der Waals surface area (Å²) in [5, 5.41) is 12.5. The maximum atomic E-state index is 13.1. The van der Waals surface area contributed by atoms with Crippen LogP contribution in [0.15, 0.2) is 0 Å². The molecule has 2 heterocycles. The Morgan fingerprint density at radius 2 is 1.75 bits per heavy atom. The molecule has 1 saturated carbocycles. The molecule has 32 heavy (non-hydrogen) atoms. The van der Waals surface area contributed by atoms with Crippen molar-refractivity contribution in [3.63, 3.8) is 0 Å². The molecule has 9 heteroatoms. The molecule has 3 atom stereocenters. The molecule has 0 unspecified atom stereocenters. The van der Waals surface area contributed by atoms with Crippen LogP contribution in [0.4, 0.5) is 5.13 Å². The second-order valence-electron chi connectivity index (χ2n) is 8.85. The summed E-state index contributed by atoms with van der Waals surface area (Å²) in [6, 6.07) is -0.779. The Hall–Kier alpha value is -1.48. The van der Waals surface area contributed by atoms with E-state index in [0.29, 0.717) is 17.3 Å². The second kappa shape index (κ2) is 12.7. The van der Waals surface area contributed by atoms with Gasteiger partial charge in [0.2, 0.25) is 22.9 Å². The Morgan fingerprint density at radius 1 is 1.09 bits per heavy atom. The van der Waals surface area contributed by atoms with Gasteiger partial charge in [-0.25, -0.2) is 0 Å². The highest BCUT2D eigenvalue weighted by atomic mass is 32.2. The molecule has 1 aromatic rings. The molecule has 1 saturated heterocycles. The Kier molecular flexibility index (Phi) is 9.96. The van der Waals surface area contributed by atoms with Gasteiger partial charge in [0, 0.05) is 6.42 Å². The minimum atomic E-state index is -0.779. The average molecular weight is 481 g/mol. The average Bonchev–Trinajstić information content (AvgIpc) is 3.34. The van der Waals surface area contributed by atoms with Crippen LogP contribution in [0, 0.1) is 11.8 Å². The molecule has 0 spiro atoms. The van der Waals surface area contributed by atoms with Gasteiger partial charge in [0.25, 0.3) is 0 Å². The van der Waals surface area contributed by atoms with Crippen LogP contribution in [-0.4, -0.2) is 50.9 Å². The Morgan fingerprint density at radius 3 is 2.41 bits per heavy atom. The number of nitrogens with zero attached hydrogens (tertiary/aromatic N) is 3. The Labute approximate surface area is 199 Å². The van der Waals surface area contributed by atoms with E-state index in [2.05, 4.69) is 22.4 Å². The molecule has 1 aromatic heterocycles. The van der Waals surface area contributed by atoms with Gasteiger partial charge in [-0.3, -0.25) is 24.6 Å². The summed E-state index contributed by atoms with van der Waals surface area (Å²) in [6.07, 6.45) is 14.0. The van der Waals surface area contributed by atoms with Crippen molar-refractivity contribution in [2.24, 2.45) is 11.8 Å². The third-order valence-corrected chi connectivity index (χ3v) is 8.07. The van der Waals surface area contributed by atoms with Crippen molar-refractivity contribution < 1.29 is 14.4 Å². The smallest absolute Gasteiger partial charge is 0.249 e. The van der Waals surface area contributed by atoms with E-state index in [-0.39, 0.29) is 29.6 Å². The largest absolute Gasteiger partial charge is 0.299 e. The fourth-order valence-electron chi connectivity index (χ4n) is 4.75. The summed E-state index contributed by atoms with van der Waals surface area (Å²) in [7, 11) is 0. The number of carbonyl (C=O) groups excluding carboxylic acids is 3. The maximum Gasteiger partial charge on any atom is 0.249 e. The minimum Gasteiger partial charge on any atom is -0.299 e. The van der Waals surface area contributed by atoms with E-state index < -0.39 is 6.04 Å². The highest BCUT2D eigenvalue weighted by Crippen LogP contribution is 2.39. The molecule has 2 aliphatic rings. The number of unbranched alkanes of at least 4 members (excludes halogenated alkanes) is 5. The van der Waals surface area contributed by atoms with Gasteiger partial charge < -0.3 is 0 Å². The molecular formula is C23H36N4O3S2. The van der Waals surface area contributed by atoms with Gasteiger partial charge >= 0.3 is 0 Å². The highest BCUT2D eigenvalue weighted by molar-refractivity contribution is 7.98. The molecule has 0 aromatic carbocycles. The topological polar surface area (TPSA) is 92.3 Å². The summed E-state index contributed by atoms with van der Waals surface area (Å²) in [6.45, 7) is 2.21. The normalized spacial score (nSPS) is 21.6. The standard InChI is InChI=1S/C23H36N4O3S2/c1-3-4-5-6-7-8-13-19-25-26-23(32-19)24-20(28)18(14-15-31-2)27-21(29)16-11-9-10-12-17(16)22(27)30/h16-18H,3-15H2,1-2H3,(H,24,26,28)/t16-,17-,18+/m1/s1. The molecule has 0 bridgehead atoms. The molecule has 0 radical (unpaired) electrons. The van der Waals surface area contributed by atoms with Crippen LogP contribution < -0.4 is 5.32 Å². The van der Waals surface area contributed by atoms with E-state index in [1.54, 1.807) is 11.8 Å². The monoisotopic (exact) mass is 480 g/mol. The van der Waals surface area contributed by atoms with E-state index in [1.807, 2.05) is 6.26 Å². The molecule has 3 rings (SSSR count). The van der Waals surface area contributed by atoms with Gasteiger partial charge in [0.05, 0.1) is 11.8 Å². The number of fused-ring (bicyclic) bond motifs is 1. The number of thioether (sulfide) groups is 1. The molecule has 3 amide bonds. The van der Waals surface area contributed by atoms with E-state index in [1.165, 1.54) is 48.3 Å². The van der Waals surface area contributed by atoms with Gasteiger partial charge in [-0.05, 0) is 37.7 Å². The van der Waals surface area contributed by atoms with Crippen LogP contribution in [0.1, 0.15) is 82.6 Å². The lowest BCUT2D eigenvalue weighted by Gasteiger charge is -2.25. The van der Waals surface area contributed by atoms with Crippen LogP contribution >= 0.6 is 23.1 Å². The van der Waals surface area contributed by atoms with E-state index in [0.717, 1.165) is 43.5 Å². The fraction of sp³-hybridized carbons (Fsp3) is 0.783. The van der Waals surface area contributed by atoms with Crippen molar-refractivity contribution >= 4 is 46.0 Å². The Bertz CT molecular complexity index is 761. The van der Waals surface area contributed by atoms with Gasteiger partial charge in [-0.1, -0.05) is 63.2 Å². The third kappa shape index (κ3) is 6.31. The van der Waals surface area contributed by atoms with Gasteiger partial charge in [-0.2, -0.15) is 11.8 Å². The number of imide groups is 1. The van der Waals surface area contributed by atoms with Crippen LogP contribution in [0.3, 0.4) is 0 Å². The first-order valence-electron chi connectivity index (χ1n) is 12.1. The molecule has 178 valence electrons. The Balaban J connectivity index is 1.59. The number of anilines is 1. The van der Waals surface area contributed by atoms with Crippen LogP contribution in [-0.2, 0) is 20.8 Å². The van der Waals surface area contributed by atoms with Gasteiger partial charge in [-0.15, -0.1) is 10.2 Å². The molecule has 2 fully saturated rings. The van der Waals surface area contributed by atoms with Crippen LogP contribution in [0.5, 0.6) is 0 Å². The first kappa shape index (κ1) is 25.1. The zero-order chi connectivity index (χ0) is 22.9. The van der Waals surface area contributed by atoms with Gasteiger partial charge in [0.1, 0.15) is 11.0 Å². The van der Waals surface area contributed by atoms with Crippen LogP contribution in [0.25, 0.3) is 0 Å². The molecule has 1 N–H and O–H groups in total. The van der Waals surface area contributed by atoms with Crippen LogP contribution in [0.2, 0.25) is 0 Å². The number of likely N-dealkylation sites (tertiary alicyclic amines) is 1. The predicted molar refractivity (Wildman–Crippen MR) is 130 cm³/mol. The number of aromatic nitrogens is 2. The lowest BCUT2D eigenvalue weighted by Crippen LogP contribution is -2.48. The molecular weight excluding hydrogens is 444 g/mol. The summed E-state index contributed by atoms with van der Waals surface area (Å²) in [5.41, 5.74) is 0. The SMILES string of the molecule is CCCCCCCCc1nnc(NC(=O)[C@H](CCSC)N2C(=O)[C@@H]3CCCC[C@H]3C2=O)s1. The second-order valence-corrected chi connectivity index (χ2v) is 10.9. The minimum absolute atomic E-state index is 0.165. The molecule has 7 nitrogen and oxygen atoms in total. The summed E-state index contributed by atoms with van der Waals surface area (Å²) in [4.78, 5) is 40.5. The number of rotatable bonds is 13. The van der Waals surface area contributed by atoms with E-state index >= 15 is 0 Å². The molecule has 1 aliphatic carbocycles. The summed E-state index contributed by atoms with van der Waals surface area (Å²) in [5.74, 6) is -0.452. The predicted octanol–water partition coefficient (Wildman–Crippen LogP) is 4.68. The van der Waals surface area contributed by atoms with Crippen molar-refractivity contribution in [1.82, 2.24) is 15.1 Å². The quantitative estimate of drug-likeness (QED) is 0.326. The fourth-order valence-corrected chi connectivity index (χ4v) is 6.00. The van der Waals surface area contributed by atoms with Crippen molar-refractivity contribution in [2.45, 2.75) is 90.0 Å². The van der Waals surface area contributed by atoms with Crippen molar-refractivity contribution in [3.8, 4) is 0 Å². The molecule has 1 aliphatic heterocycles. The number of nitrogens with one attached hydrogen (secondary N) is 1. The van der Waals surface area contributed by atoms with Crippen molar-refractivity contribution in [2.75, 3.05) is 17.3 Å². The number of hydrogen-bond acceptors (Lipinski definition) is 7. The number of carbonyl (C=O) groups is 3. The number of amides is 3. The zero-order valence-corrected chi connectivity index (χ0v) is 20.9. The van der Waals surface area contributed by atoms with Crippen molar-refractivity contribution in [3.05, 3.63) is 5.01 Å². The number of aryl methyl sites for hydroxylation is 1. The summed E-state index contributed by atoms with van der Waals surface area (Å²) >= 11 is 2.99. The van der Waals surface area contributed by atoms with E-state index in [9.17, 15) is 14.4 Å². The number of hydrogen-bond donors (Lipinski definition) is 1. The van der Waals surface area contributed by atoms with E-state index in [4.69, 9.17) is 0 Å². The first-order chi connectivity index (χ1) is 15.6. The maximum absolute atomic E-state index is 13.1. The lowest BCUT2D eigenvalue weighted by atomic mass is 9.81. The third-order valence-electron chi connectivity index (χ3n) is 6.53. The lowest BCUT2D eigenvalue weighted by molar-refractivity contribution is -0.146. The first-order valence-corrected chi connectivity index (χ1v) is 14.3. The van der Waals surface area contributed by atoms with Gasteiger partial charge in [0.15, 0.2) is 0 Å². The van der Waals surface area contributed by atoms with Crippen molar-refractivity contribution in [1.29, 1.82) is 0 Å².